The van der Waals surface area contributed by atoms with E-state index in [1.807, 2.05) is 30.5 Å². The van der Waals surface area contributed by atoms with E-state index in [9.17, 15) is 0 Å². The van der Waals surface area contributed by atoms with E-state index in [0.717, 1.165) is 23.1 Å². The number of unbranched alkanes of at least 4 members (excludes halogenated alkanes) is 4. The van der Waals surface area contributed by atoms with Gasteiger partial charge in [-0.3, -0.25) is 4.98 Å². The summed E-state index contributed by atoms with van der Waals surface area (Å²) in [6.45, 7) is 2.23. The third-order valence-corrected chi connectivity index (χ3v) is 3.47. The Morgan fingerprint density at radius 1 is 1.05 bits per heavy atom. The van der Waals surface area contributed by atoms with E-state index in [1.54, 1.807) is 0 Å². The molecule has 0 fully saturated rings. The first-order chi connectivity index (χ1) is 9.31. The Kier molecular flexibility index (Phi) is 5.28. The summed E-state index contributed by atoms with van der Waals surface area (Å²) in [5.74, 6) is 0. The molecule has 0 saturated heterocycles. The molecule has 0 aliphatic rings. The second-order valence-electron chi connectivity index (χ2n) is 5.09. The third-order valence-electron chi connectivity index (χ3n) is 3.47. The second-order valence-corrected chi connectivity index (χ2v) is 5.09. The van der Waals surface area contributed by atoms with Crippen LogP contribution in [-0.2, 0) is 0 Å². The van der Waals surface area contributed by atoms with Crippen LogP contribution in [-0.4, -0.2) is 9.97 Å². The molecule has 1 atom stereocenters. The smallest absolute Gasteiger partial charge is 0.0890 e. The fourth-order valence-electron chi connectivity index (χ4n) is 2.27. The van der Waals surface area contributed by atoms with Crippen LogP contribution < -0.4 is 5.73 Å². The number of fused-ring (bicyclic) bond motifs is 1. The zero-order valence-electron chi connectivity index (χ0n) is 11.7. The maximum Gasteiger partial charge on any atom is 0.0890 e. The van der Waals surface area contributed by atoms with Gasteiger partial charge in [0.15, 0.2) is 0 Å². The van der Waals surface area contributed by atoms with Crippen LogP contribution in [0.5, 0.6) is 0 Å². The van der Waals surface area contributed by atoms with Crippen LogP contribution in [0, 0.1) is 0 Å². The van der Waals surface area contributed by atoms with E-state index in [4.69, 9.17) is 5.73 Å². The number of rotatable bonds is 7. The Morgan fingerprint density at radius 3 is 2.58 bits per heavy atom. The molecular formula is C16H23N3. The molecule has 2 rings (SSSR count). The highest BCUT2D eigenvalue weighted by atomic mass is 14.8. The lowest BCUT2D eigenvalue weighted by Gasteiger charge is -2.11. The van der Waals surface area contributed by atoms with Gasteiger partial charge >= 0.3 is 0 Å². The Hall–Kier alpha value is -1.48. The van der Waals surface area contributed by atoms with Crippen LogP contribution in [0.4, 0.5) is 0 Å². The number of aromatic nitrogens is 2. The van der Waals surface area contributed by atoms with Crippen molar-refractivity contribution < 1.29 is 0 Å². The average molecular weight is 257 g/mol. The first kappa shape index (κ1) is 13.9. The zero-order chi connectivity index (χ0) is 13.5. The minimum Gasteiger partial charge on any atom is -0.323 e. The lowest BCUT2D eigenvalue weighted by molar-refractivity contribution is 0.548. The summed E-state index contributed by atoms with van der Waals surface area (Å²) >= 11 is 0. The number of para-hydroxylation sites is 2. The SMILES string of the molecule is CCCCCCCC(N)c1cnc2ccccc2n1. The van der Waals surface area contributed by atoms with E-state index in [2.05, 4.69) is 16.9 Å². The monoisotopic (exact) mass is 257 g/mol. The van der Waals surface area contributed by atoms with E-state index < -0.39 is 0 Å². The molecule has 2 N–H and O–H groups in total. The van der Waals surface area contributed by atoms with Crippen molar-refractivity contribution >= 4 is 11.0 Å². The van der Waals surface area contributed by atoms with Crippen molar-refractivity contribution in [3.8, 4) is 0 Å². The molecular weight excluding hydrogens is 234 g/mol. The maximum absolute atomic E-state index is 6.20. The van der Waals surface area contributed by atoms with E-state index in [0.29, 0.717) is 0 Å². The standard InChI is InChI=1S/C16H23N3/c1-2-3-4-5-6-9-13(17)16-12-18-14-10-7-8-11-15(14)19-16/h7-8,10-13H,2-6,9,17H2,1H3. The third kappa shape index (κ3) is 4.00. The van der Waals surface area contributed by atoms with Crippen LogP contribution in [0.25, 0.3) is 11.0 Å². The van der Waals surface area contributed by atoms with Crippen molar-refractivity contribution in [2.45, 2.75) is 51.5 Å². The number of hydrogen-bond acceptors (Lipinski definition) is 3. The zero-order valence-corrected chi connectivity index (χ0v) is 11.7. The van der Waals surface area contributed by atoms with Crippen molar-refractivity contribution in [3.63, 3.8) is 0 Å². The predicted octanol–water partition coefficient (Wildman–Crippen LogP) is 3.99. The van der Waals surface area contributed by atoms with Gasteiger partial charge in [-0.05, 0) is 18.6 Å². The highest BCUT2D eigenvalue weighted by molar-refractivity contribution is 5.73. The van der Waals surface area contributed by atoms with Gasteiger partial charge in [-0.25, -0.2) is 4.98 Å². The molecule has 3 nitrogen and oxygen atoms in total. The molecule has 102 valence electrons. The maximum atomic E-state index is 6.20. The summed E-state index contributed by atoms with van der Waals surface area (Å²) in [4.78, 5) is 9.02. The molecule has 0 saturated carbocycles. The summed E-state index contributed by atoms with van der Waals surface area (Å²) in [7, 11) is 0. The molecule has 1 heterocycles. The molecule has 0 aliphatic carbocycles. The van der Waals surface area contributed by atoms with Gasteiger partial charge in [0.1, 0.15) is 0 Å². The second kappa shape index (κ2) is 7.19. The van der Waals surface area contributed by atoms with Crippen LogP contribution in [0.15, 0.2) is 30.5 Å². The molecule has 0 radical (unpaired) electrons. The van der Waals surface area contributed by atoms with E-state index >= 15 is 0 Å². The molecule has 0 spiro atoms. The van der Waals surface area contributed by atoms with Crippen LogP contribution >= 0.6 is 0 Å². The van der Waals surface area contributed by atoms with Crippen molar-refractivity contribution in [2.24, 2.45) is 5.73 Å². The van der Waals surface area contributed by atoms with E-state index in [1.165, 1.54) is 32.1 Å². The molecule has 1 aromatic heterocycles. The van der Waals surface area contributed by atoms with Gasteiger partial charge in [-0.2, -0.15) is 0 Å². The number of nitrogens with zero attached hydrogens (tertiary/aromatic N) is 2. The minimum atomic E-state index is 0.0127. The van der Waals surface area contributed by atoms with Gasteiger partial charge < -0.3 is 5.73 Å². The van der Waals surface area contributed by atoms with Gasteiger partial charge in [0, 0.05) is 6.04 Å². The fourth-order valence-corrected chi connectivity index (χ4v) is 2.27. The van der Waals surface area contributed by atoms with Crippen LogP contribution in [0.3, 0.4) is 0 Å². The molecule has 0 bridgehead atoms. The molecule has 0 aliphatic heterocycles. The minimum absolute atomic E-state index is 0.0127. The summed E-state index contributed by atoms with van der Waals surface area (Å²) < 4.78 is 0. The topological polar surface area (TPSA) is 51.8 Å². The molecule has 1 unspecified atom stereocenters. The Labute approximate surface area is 115 Å². The largest absolute Gasteiger partial charge is 0.323 e. The highest BCUT2D eigenvalue weighted by Crippen LogP contribution is 2.18. The van der Waals surface area contributed by atoms with Gasteiger partial charge in [-0.1, -0.05) is 51.2 Å². The Morgan fingerprint density at radius 2 is 1.79 bits per heavy atom. The van der Waals surface area contributed by atoms with Crippen molar-refractivity contribution in [1.82, 2.24) is 9.97 Å². The summed E-state index contributed by atoms with van der Waals surface area (Å²) in [6, 6.07) is 7.93. The number of nitrogens with two attached hydrogens (primary N) is 1. The molecule has 19 heavy (non-hydrogen) atoms. The molecule has 3 heteroatoms. The Bertz CT molecular complexity index is 510. The summed E-state index contributed by atoms with van der Waals surface area (Å²) in [6.07, 6.45) is 9.17. The van der Waals surface area contributed by atoms with Gasteiger partial charge in [-0.15, -0.1) is 0 Å². The van der Waals surface area contributed by atoms with Crippen LogP contribution in [0.2, 0.25) is 0 Å². The number of benzene rings is 1. The molecule has 2 aromatic rings. The highest BCUT2D eigenvalue weighted by Gasteiger charge is 2.08. The molecule has 0 amide bonds. The lowest BCUT2D eigenvalue weighted by Crippen LogP contribution is -2.12. The summed E-state index contributed by atoms with van der Waals surface area (Å²) in [5.41, 5.74) is 8.97. The van der Waals surface area contributed by atoms with Gasteiger partial charge in [0.05, 0.1) is 22.9 Å². The fraction of sp³-hybridized carbons (Fsp3) is 0.500. The van der Waals surface area contributed by atoms with Gasteiger partial charge in [0.2, 0.25) is 0 Å². The lowest BCUT2D eigenvalue weighted by atomic mass is 10.0. The first-order valence-electron chi connectivity index (χ1n) is 7.28. The normalized spacial score (nSPS) is 12.7. The van der Waals surface area contributed by atoms with Crippen molar-refractivity contribution in [2.75, 3.05) is 0 Å². The number of hydrogen-bond donors (Lipinski definition) is 1. The predicted molar refractivity (Wildman–Crippen MR) is 79.8 cm³/mol. The molecule has 1 aromatic carbocycles. The quantitative estimate of drug-likeness (QED) is 0.763. The van der Waals surface area contributed by atoms with Crippen LogP contribution in [0.1, 0.15) is 57.2 Å². The van der Waals surface area contributed by atoms with Crippen molar-refractivity contribution in [1.29, 1.82) is 0 Å². The van der Waals surface area contributed by atoms with Gasteiger partial charge in [0.25, 0.3) is 0 Å². The van der Waals surface area contributed by atoms with E-state index in [-0.39, 0.29) is 6.04 Å². The summed E-state index contributed by atoms with van der Waals surface area (Å²) in [5, 5.41) is 0. The average Bonchev–Trinajstić information content (AvgIpc) is 2.46. The Balaban J connectivity index is 1.91. The first-order valence-corrected chi connectivity index (χ1v) is 7.28. The van der Waals surface area contributed by atoms with Crippen molar-refractivity contribution in [3.05, 3.63) is 36.2 Å².